The van der Waals surface area contributed by atoms with Crippen LogP contribution in [0, 0.1) is 0 Å². The molecule has 5 heteroatoms. The van der Waals surface area contributed by atoms with E-state index in [1.165, 1.54) is 0 Å². The first kappa shape index (κ1) is 13.4. The highest BCUT2D eigenvalue weighted by atomic mass is 19.4. The molecule has 2 nitrogen and oxygen atoms in total. The molecule has 1 N–H and O–H groups in total. The molecular formula is C13H16F3NO. The van der Waals surface area contributed by atoms with Crippen molar-refractivity contribution in [2.75, 3.05) is 13.1 Å². The van der Waals surface area contributed by atoms with E-state index in [0.29, 0.717) is 6.54 Å². The van der Waals surface area contributed by atoms with Crippen molar-refractivity contribution >= 4 is 0 Å². The molecule has 0 spiro atoms. The van der Waals surface area contributed by atoms with Gasteiger partial charge in [0, 0.05) is 19.6 Å². The van der Waals surface area contributed by atoms with E-state index in [-0.39, 0.29) is 25.9 Å². The molecular weight excluding hydrogens is 243 g/mol. The van der Waals surface area contributed by atoms with Crippen LogP contribution in [0.2, 0.25) is 0 Å². The minimum absolute atomic E-state index is 0.247. The van der Waals surface area contributed by atoms with Crippen molar-refractivity contribution in [3.05, 3.63) is 35.9 Å². The van der Waals surface area contributed by atoms with E-state index in [1.807, 2.05) is 35.2 Å². The third-order valence-electron chi connectivity index (χ3n) is 3.46. The van der Waals surface area contributed by atoms with Gasteiger partial charge in [0.2, 0.25) is 0 Å². The van der Waals surface area contributed by atoms with Crippen molar-refractivity contribution in [3.63, 3.8) is 0 Å². The summed E-state index contributed by atoms with van der Waals surface area (Å²) in [7, 11) is 0. The molecule has 0 radical (unpaired) electrons. The average molecular weight is 259 g/mol. The second kappa shape index (κ2) is 4.90. The Bertz CT molecular complexity index is 383. The highest BCUT2D eigenvalue weighted by Gasteiger charge is 2.54. The van der Waals surface area contributed by atoms with Gasteiger partial charge in [-0.1, -0.05) is 30.3 Å². The summed E-state index contributed by atoms with van der Waals surface area (Å²) in [4.78, 5) is 1.94. The van der Waals surface area contributed by atoms with E-state index in [4.69, 9.17) is 0 Å². The van der Waals surface area contributed by atoms with Crippen LogP contribution in [0.15, 0.2) is 30.3 Å². The van der Waals surface area contributed by atoms with Gasteiger partial charge in [0.1, 0.15) is 0 Å². The van der Waals surface area contributed by atoms with Gasteiger partial charge in [-0.2, -0.15) is 13.2 Å². The predicted octanol–water partition coefficient (Wildman–Crippen LogP) is 2.58. The lowest BCUT2D eigenvalue weighted by Crippen LogP contribution is -2.53. The van der Waals surface area contributed by atoms with Gasteiger partial charge in [0.25, 0.3) is 0 Å². The molecule has 1 fully saturated rings. The van der Waals surface area contributed by atoms with Gasteiger partial charge in [-0.05, 0) is 18.4 Å². The first-order valence-electron chi connectivity index (χ1n) is 5.96. The fraction of sp³-hybridized carbons (Fsp3) is 0.538. The van der Waals surface area contributed by atoms with E-state index in [9.17, 15) is 18.3 Å². The monoisotopic (exact) mass is 259 g/mol. The molecule has 0 saturated carbocycles. The maximum Gasteiger partial charge on any atom is 0.417 e. The number of piperidine rings is 1. The number of hydrogen-bond acceptors (Lipinski definition) is 2. The summed E-state index contributed by atoms with van der Waals surface area (Å²) in [5, 5.41) is 9.54. The van der Waals surface area contributed by atoms with E-state index >= 15 is 0 Å². The van der Waals surface area contributed by atoms with Crippen LogP contribution >= 0.6 is 0 Å². The Hall–Kier alpha value is -1.07. The number of hydrogen-bond donors (Lipinski definition) is 1. The molecule has 1 aromatic carbocycles. The Morgan fingerprint density at radius 1 is 1.11 bits per heavy atom. The molecule has 0 amide bonds. The first-order valence-corrected chi connectivity index (χ1v) is 5.96. The predicted molar refractivity (Wildman–Crippen MR) is 62.0 cm³/mol. The SMILES string of the molecule is OC1(C(F)(F)F)CCN(Cc2ccccc2)CC1. The number of rotatable bonds is 2. The van der Waals surface area contributed by atoms with Crippen molar-refractivity contribution in [2.24, 2.45) is 0 Å². The molecule has 1 aromatic rings. The number of benzene rings is 1. The summed E-state index contributed by atoms with van der Waals surface area (Å²) in [5.74, 6) is 0. The summed E-state index contributed by atoms with van der Waals surface area (Å²) in [6.45, 7) is 1.17. The zero-order valence-electron chi connectivity index (χ0n) is 9.95. The molecule has 18 heavy (non-hydrogen) atoms. The van der Waals surface area contributed by atoms with E-state index in [2.05, 4.69) is 0 Å². The smallest absolute Gasteiger partial charge is 0.380 e. The van der Waals surface area contributed by atoms with E-state index in [0.717, 1.165) is 5.56 Å². The lowest BCUT2D eigenvalue weighted by atomic mass is 9.90. The Morgan fingerprint density at radius 2 is 1.67 bits per heavy atom. The molecule has 0 unspecified atom stereocenters. The molecule has 1 heterocycles. The van der Waals surface area contributed by atoms with Crippen LogP contribution in [0.4, 0.5) is 13.2 Å². The topological polar surface area (TPSA) is 23.5 Å². The number of alkyl halides is 3. The van der Waals surface area contributed by atoms with Gasteiger partial charge >= 0.3 is 6.18 Å². The van der Waals surface area contributed by atoms with E-state index < -0.39 is 11.8 Å². The quantitative estimate of drug-likeness (QED) is 0.882. The molecule has 2 rings (SSSR count). The van der Waals surface area contributed by atoms with Crippen LogP contribution in [0.3, 0.4) is 0 Å². The number of likely N-dealkylation sites (tertiary alicyclic amines) is 1. The Labute approximate surface area is 104 Å². The van der Waals surface area contributed by atoms with Crippen molar-refractivity contribution < 1.29 is 18.3 Å². The fourth-order valence-electron chi connectivity index (χ4n) is 2.21. The van der Waals surface area contributed by atoms with Gasteiger partial charge in [-0.15, -0.1) is 0 Å². The van der Waals surface area contributed by atoms with Crippen molar-refractivity contribution in [1.29, 1.82) is 0 Å². The number of aliphatic hydroxyl groups is 1. The molecule has 0 aliphatic carbocycles. The molecule has 0 aromatic heterocycles. The molecule has 1 aliphatic rings. The molecule has 0 atom stereocenters. The van der Waals surface area contributed by atoms with Crippen LogP contribution in [-0.4, -0.2) is 34.9 Å². The summed E-state index contributed by atoms with van der Waals surface area (Å²) in [5.41, 5.74) is -1.42. The Kier molecular flexibility index (Phi) is 3.64. The van der Waals surface area contributed by atoms with Gasteiger partial charge < -0.3 is 5.11 Å². The molecule has 1 aliphatic heterocycles. The molecule has 1 saturated heterocycles. The maximum atomic E-state index is 12.6. The third-order valence-corrected chi connectivity index (χ3v) is 3.46. The number of nitrogens with zero attached hydrogens (tertiary/aromatic N) is 1. The average Bonchev–Trinajstić information content (AvgIpc) is 2.32. The lowest BCUT2D eigenvalue weighted by Gasteiger charge is -2.39. The maximum absolute atomic E-state index is 12.6. The van der Waals surface area contributed by atoms with Gasteiger partial charge in [0.05, 0.1) is 0 Å². The highest BCUT2D eigenvalue weighted by molar-refractivity contribution is 5.14. The van der Waals surface area contributed by atoms with Gasteiger partial charge in [-0.3, -0.25) is 4.90 Å². The highest BCUT2D eigenvalue weighted by Crippen LogP contribution is 2.38. The Morgan fingerprint density at radius 3 is 2.17 bits per heavy atom. The van der Waals surface area contributed by atoms with Gasteiger partial charge in [0.15, 0.2) is 5.60 Å². The fourth-order valence-corrected chi connectivity index (χ4v) is 2.21. The Balaban J connectivity index is 1.91. The molecule has 100 valence electrons. The van der Waals surface area contributed by atoms with Crippen LogP contribution in [0.5, 0.6) is 0 Å². The standard InChI is InChI=1S/C13H16F3NO/c14-13(15,16)12(18)6-8-17(9-7-12)10-11-4-2-1-3-5-11/h1-5,18H,6-10H2. The van der Waals surface area contributed by atoms with Crippen LogP contribution < -0.4 is 0 Å². The van der Waals surface area contributed by atoms with Crippen molar-refractivity contribution in [1.82, 2.24) is 4.90 Å². The summed E-state index contributed by atoms with van der Waals surface area (Å²) in [6.07, 6.45) is -5.02. The van der Waals surface area contributed by atoms with Crippen LogP contribution in [0.25, 0.3) is 0 Å². The molecule has 0 bridgehead atoms. The van der Waals surface area contributed by atoms with Crippen LogP contribution in [0.1, 0.15) is 18.4 Å². The van der Waals surface area contributed by atoms with Gasteiger partial charge in [-0.25, -0.2) is 0 Å². The summed E-state index contributed by atoms with van der Waals surface area (Å²) < 4.78 is 37.8. The minimum atomic E-state index is -4.52. The van der Waals surface area contributed by atoms with Crippen molar-refractivity contribution in [3.8, 4) is 0 Å². The summed E-state index contributed by atoms with van der Waals surface area (Å²) >= 11 is 0. The summed E-state index contributed by atoms with van der Waals surface area (Å²) in [6, 6.07) is 9.62. The minimum Gasteiger partial charge on any atom is -0.380 e. The van der Waals surface area contributed by atoms with E-state index in [1.54, 1.807) is 0 Å². The third kappa shape index (κ3) is 2.84. The normalized spacial score (nSPS) is 20.9. The second-order valence-corrected chi connectivity index (χ2v) is 4.79. The van der Waals surface area contributed by atoms with Crippen molar-refractivity contribution in [2.45, 2.75) is 31.2 Å². The second-order valence-electron chi connectivity index (χ2n) is 4.79. The zero-order valence-corrected chi connectivity index (χ0v) is 9.95. The van der Waals surface area contributed by atoms with Crippen LogP contribution in [-0.2, 0) is 6.54 Å². The number of halogens is 3. The first-order chi connectivity index (χ1) is 8.41. The lowest BCUT2D eigenvalue weighted by molar-refractivity contribution is -0.272. The zero-order chi connectivity index (χ0) is 13.2. The largest absolute Gasteiger partial charge is 0.417 e.